The molecule has 1 saturated heterocycles. The summed E-state index contributed by atoms with van der Waals surface area (Å²) in [5, 5.41) is 10.8. The summed E-state index contributed by atoms with van der Waals surface area (Å²) in [6.45, 7) is 7.67. The number of quaternary nitrogens is 1. The van der Waals surface area contributed by atoms with E-state index < -0.39 is 0 Å². The van der Waals surface area contributed by atoms with Gasteiger partial charge in [-0.15, -0.1) is 0 Å². The summed E-state index contributed by atoms with van der Waals surface area (Å²) < 4.78 is 0. The normalized spacial score (nSPS) is 44.0. The first kappa shape index (κ1) is 11.3. The van der Waals surface area contributed by atoms with Crippen molar-refractivity contribution >= 4 is 0 Å². The van der Waals surface area contributed by atoms with Gasteiger partial charge in [-0.2, -0.15) is 5.84 Å². The highest BCUT2D eigenvalue weighted by atomic mass is 16.5. The van der Waals surface area contributed by atoms with Crippen LogP contribution < -0.4 is 11.0 Å². The van der Waals surface area contributed by atoms with Crippen molar-refractivity contribution in [3.63, 3.8) is 0 Å². The summed E-state index contributed by atoms with van der Waals surface area (Å²) in [6.07, 6.45) is 4.72. The van der Waals surface area contributed by atoms with Gasteiger partial charge in [-0.1, -0.05) is 6.92 Å². The molecule has 15 heavy (non-hydrogen) atoms. The summed E-state index contributed by atoms with van der Waals surface area (Å²) in [5.74, 6) is 5.30. The minimum absolute atomic E-state index is 0.146. The predicted molar refractivity (Wildman–Crippen MR) is 59.9 cm³/mol. The van der Waals surface area contributed by atoms with Crippen LogP contribution in [0.2, 0.25) is 0 Å². The van der Waals surface area contributed by atoms with Gasteiger partial charge in [-0.05, 0) is 32.6 Å². The monoisotopic (exact) mass is 213 g/mol. The minimum atomic E-state index is -0.146. The zero-order chi connectivity index (χ0) is 11.1. The van der Waals surface area contributed by atoms with Crippen LogP contribution in [0.1, 0.15) is 39.5 Å². The topological polar surface area (TPSA) is 56.5 Å². The van der Waals surface area contributed by atoms with Gasteiger partial charge in [0, 0.05) is 24.0 Å². The Morgan fingerprint density at radius 2 is 1.73 bits per heavy atom. The van der Waals surface area contributed by atoms with E-state index in [0.717, 1.165) is 12.8 Å². The van der Waals surface area contributed by atoms with Crippen molar-refractivity contribution in [3.05, 3.63) is 5.21 Å². The van der Waals surface area contributed by atoms with Crippen molar-refractivity contribution in [3.8, 4) is 0 Å². The summed E-state index contributed by atoms with van der Waals surface area (Å²) in [7, 11) is 0. The van der Waals surface area contributed by atoms with Gasteiger partial charge >= 0.3 is 0 Å². The van der Waals surface area contributed by atoms with Gasteiger partial charge < -0.3 is 5.21 Å². The fourth-order valence-electron chi connectivity index (χ4n) is 2.90. The van der Waals surface area contributed by atoms with Crippen LogP contribution in [0.3, 0.4) is 0 Å². The van der Waals surface area contributed by atoms with Crippen LogP contribution in [0.15, 0.2) is 0 Å². The Balaban J connectivity index is 1.90. The third-order valence-corrected chi connectivity index (χ3v) is 4.35. The molecule has 2 rings (SSSR count). The second-order valence-corrected chi connectivity index (χ2v) is 5.94. The molecule has 1 aliphatic carbocycles. The van der Waals surface area contributed by atoms with Crippen LogP contribution in [0.4, 0.5) is 0 Å². The number of nitrogens with two attached hydrogens (primary N) is 1. The van der Waals surface area contributed by atoms with Gasteiger partial charge in [-0.3, -0.25) is 10.1 Å². The molecular weight excluding hydrogens is 190 g/mol. The zero-order valence-electron chi connectivity index (χ0n) is 9.88. The first-order valence-corrected chi connectivity index (χ1v) is 5.97. The Morgan fingerprint density at radius 1 is 1.20 bits per heavy atom. The molecule has 0 aromatic heterocycles. The van der Waals surface area contributed by atoms with E-state index in [-0.39, 0.29) is 10.6 Å². The molecule has 1 heterocycles. The molecule has 1 aliphatic heterocycles. The van der Waals surface area contributed by atoms with E-state index in [9.17, 15) is 5.21 Å². The highest BCUT2D eigenvalue weighted by molar-refractivity contribution is 4.99. The average molecular weight is 213 g/mol. The lowest BCUT2D eigenvalue weighted by atomic mass is 9.69. The Labute approximate surface area is 92.0 Å². The molecule has 0 spiro atoms. The first-order chi connectivity index (χ1) is 6.94. The molecule has 1 atom stereocenters. The third-order valence-electron chi connectivity index (χ3n) is 4.35. The lowest BCUT2D eigenvalue weighted by Gasteiger charge is -2.44. The molecular formula is C11H23N3O. The quantitative estimate of drug-likeness (QED) is 0.391. The van der Waals surface area contributed by atoms with Crippen LogP contribution in [0, 0.1) is 10.6 Å². The lowest BCUT2D eigenvalue weighted by molar-refractivity contribution is -0.868. The van der Waals surface area contributed by atoms with Crippen LogP contribution in [-0.2, 0) is 0 Å². The minimum Gasteiger partial charge on any atom is -0.613 e. The van der Waals surface area contributed by atoms with Gasteiger partial charge in [0.15, 0.2) is 0 Å². The van der Waals surface area contributed by atoms with E-state index in [2.05, 4.69) is 18.7 Å². The Kier molecular flexibility index (Phi) is 2.79. The summed E-state index contributed by atoms with van der Waals surface area (Å²) >= 11 is 0. The molecule has 4 heteroatoms. The van der Waals surface area contributed by atoms with Crippen LogP contribution in [0.5, 0.6) is 0 Å². The third kappa shape index (κ3) is 2.50. The predicted octanol–water partition coefficient (Wildman–Crippen LogP) is -0.103. The number of hydrogen-bond donors (Lipinski definition) is 2. The van der Waals surface area contributed by atoms with Gasteiger partial charge in [0.05, 0.1) is 6.54 Å². The van der Waals surface area contributed by atoms with E-state index in [1.165, 1.54) is 25.9 Å². The van der Waals surface area contributed by atoms with Crippen LogP contribution in [-0.4, -0.2) is 30.1 Å². The molecule has 2 aliphatic rings. The van der Waals surface area contributed by atoms with E-state index in [1.54, 1.807) is 0 Å². The summed E-state index contributed by atoms with van der Waals surface area (Å²) in [5.41, 5.74) is 0.582. The van der Waals surface area contributed by atoms with E-state index in [0.29, 0.717) is 12.1 Å². The molecule has 1 unspecified atom stereocenters. The lowest BCUT2D eigenvalue weighted by Crippen LogP contribution is -3.14. The maximum Gasteiger partial charge on any atom is 0.0996 e. The van der Waals surface area contributed by atoms with Crippen LogP contribution in [0.25, 0.3) is 0 Å². The van der Waals surface area contributed by atoms with Gasteiger partial charge in [0.2, 0.25) is 0 Å². The SMILES string of the molecule is CC1(C[NH+](N)[O-])CCC(C)(N2CC2)CC1. The fraction of sp³-hybridized carbons (Fsp3) is 1.00. The first-order valence-electron chi connectivity index (χ1n) is 5.97. The van der Waals surface area contributed by atoms with Gasteiger partial charge in [-0.25, -0.2) is 0 Å². The average Bonchev–Trinajstić information content (AvgIpc) is 2.93. The number of rotatable bonds is 3. The van der Waals surface area contributed by atoms with E-state index in [1.807, 2.05) is 0 Å². The summed E-state index contributed by atoms with van der Waals surface area (Å²) in [6, 6.07) is 0. The smallest absolute Gasteiger partial charge is 0.0996 e. The molecule has 4 nitrogen and oxygen atoms in total. The van der Waals surface area contributed by atoms with Crippen molar-refractivity contribution in [1.29, 1.82) is 0 Å². The van der Waals surface area contributed by atoms with Crippen molar-refractivity contribution in [2.24, 2.45) is 11.3 Å². The van der Waals surface area contributed by atoms with Crippen molar-refractivity contribution in [1.82, 2.24) is 4.90 Å². The molecule has 0 amide bonds. The number of nitrogens with one attached hydrogen (secondary N) is 1. The largest absolute Gasteiger partial charge is 0.613 e. The van der Waals surface area contributed by atoms with Crippen LogP contribution >= 0.6 is 0 Å². The van der Waals surface area contributed by atoms with Crippen molar-refractivity contribution in [2.45, 2.75) is 45.1 Å². The fourth-order valence-corrected chi connectivity index (χ4v) is 2.90. The summed E-state index contributed by atoms with van der Waals surface area (Å²) in [4.78, 5) is 2.55. The Morgan fingerprint density at radius 3 is 2.13 bits per heavy atom. The highest BCUT2D eigenvalue weighted by Crippen LogP contribution is 2.44. The zero-order valence-corrected chi connectivity index (χ0v) is 9.88. The maximum atomic E-state index is 11.0. The van der Waals surface area contributed by atoms with Crippen molar-refractivity contribution in [2.75, 3.05) is 19.6 Å². The highest BCUT2D eigenvalue weighted by Gasteiger charge is 2.45. The van der Waals surface area contributed by atoms with Gasteiger partial charge in [0.1, 0.15) is 0 Å². The molecule has 1 saturated carbocycles. The molecule has 0 aromatic carbocycles. The molecule has 3 N–H and O–H groups in total. The molecule has 0 bridgehead atoms. The Hall–Kier alpha value is -0.160. The number of hydroxylamine groups is 1. The molecule has 0 aromatic rings. The molecule has 2 fully saturated rings. The van der Waals surface area contributed by atoms with Crippen molar-refractivity contribution < 1.29 is 5.17 Å². The van der Waals surface area contributed by atoms with E-state index >= 15 is 0 Å². The maximum absolute atomic E-state index is 11.0. The Bertz CT molecular complexity index is 230. The number of nitrogens with zero attached hydrogens (tertiary/aromatic N) is 1. The molecule has 88 valence electrons. The van der Waals surface area contributed by atoms with E-state index in [4.69, 9.17) is 5.84 Å². The van der Waals surface area contributed by atoms with Gasteiger partial charge in [0.25, 0.3) is 0 Å². The second kappa shape index (κ2) is 3.70. The second-order valence-electron chi connectivity index (χ2n) is 5.94. The standard InChI is InChI=1S/C11H23N3O/c1-10(9-14(12)15)3-5-11(2,6-4-10)13-7-8-13/h14H,3-9,12H2,1-2H3. The number of hydrogen-bond acceptors (Lipinski definition) is 3. The molecule has 0 radical (unpaired) electrons.